The Balaban J connectivity index is 4.63. The lowest BCUT2D eigenvalue weighted by Crippen LogP contribution is -2.31. The standard InChI is InChI=1S/C11H23BrO2S/c1-8(2)10(5)15(13,14)7-11(6-12)9(3)4/h8-11H,6-7H2,1-5H3. The molecule has 4 heteroatoms. The second kappa shape index (κ2) is 6.24. The van der Waals surface area contributed by atoms with Crippen molar-refractivity contribution in [2.45, 2.75) is 39.9 Å². The van der Waals surface area contributed by atoms with Crippen LogP contribution in [0.1, 0.15) is 34.6 Å². The fourth-order valence-corrected chi connectivity index (χ4v) is 4.79. The summed E-state index contributed by atoms with van der Waals surface area (Å²) in [7, 11) is -2.95. The third-order valence-corrected chi connectivity index (χ3v) is 6.49. The molecule has 92 valence electrons. The summed E-state index contributed by atoms with van der Waals surface area (Å²) in [6.07, 6.45) is 0. The minimum atomic E-state index is -2.95. The van der Waals surface area contributed by atoms with Crippen molar-refractivity contribution in [2.24, 2.45) is 17.8 Å². The van der Waals surface area contributed by atoms with Gasteiger partial charge in [-0.2, -0.15) is 0 Å². The first-order chi connectivity index (χ1) is 6.72. The third-order valence-electron chi connectivity index (χ3n) is 3.09. The number of sulfone groups is 1. The predicted molar refractivity (Wildman–Crippen MR) is 70.2 cm³/mol. The first-order valence-electron chi connectivity index (χ1n) is 5.49. The molecule has 0 aromatic heterocycles. The van der Waals surface area contributed by atoms with Gasteiger partial charge >= 0.3 is 0 Å². The fraction of sp³-hybridized carbons (Fsp3) is 1.00. The predicted octanol–water partition coefficient (Wildman–Crippen LogP) is 3.11. The van der Waals surface area contributed by atoms with Crippen LogP contribution in [0.4, 0.5) is 0 Å². The van der Waals surface area contributed by atoms with Gasteiger partial charge in [-0.25, -0.2) is 8.42 Å². The summed E-state index contributed by atoms with van der Waals surface area (Å²) in [5.74, 6) is 1.11. The first-order valence-corrected chi connectivity index (χ1v) is 8.33. The highest BCUT2D eigenvalue weighted by molar-refractivity contribution is 9.09. The normalized spacial score (nSPS) is 17.1. The summed E-state index contributed by atoms with van der Waals surface area (Å²) in [5.41, 5.74) is 0. The molecule has 0 aromatic carbocycles. The van der Waals surface area contributed by atoms with Crippen molar-refractivity contribution in [3.05, 3.63) is 0 Å². The van der Waals surface area contributed by atoms with Crippen LogP contribution >= 0.6 is 15.9 Å². The van der Waals surface area contributed by atoms with Crippen molar-refractivity contribution in [2.75, 3.05) is 11.1 Å². The smallest absolute Gasteiger partial charge is 0.153 e. The Morgan fingerprint density at radius 2 is 1.47 bits per heavy atom. The molecule has 2 atom stereocenters. The number of hydrogen-bond acceptors (Lipinski definition) is 2. The molecule has 15 heavy (non-hydrogen) atoms. The van der Waals surface area contributed by atoms with Gasteiger partial charge in [-0.1, -0.05) is 43.6 Å². The lowest BCUT2D eigenvalue weighted by molar-refractivity contribution is 0.455. The van der Waals surface area contributed by atoms with Gasteiger partial charge in [-0.15, -0.1) is 0 Å². The summed E-state index contributed by atoms with van der Waals surface area (Å²) in [6.45, 7) is 9.87. The molecule has 0 aliphatic heterocycles. The molecule has 0 saturated heterocycles. The van der Waals surface area contributed by atoms with Crippen LogP contribution in [-0.2, 0) is 9.84 Å². The van der Waals surface area contributed by atoms with Gasteiger partial charge in [0.15, 0.2) is 9.84 Å². The van der Waals surface area contributed by atoms with E-state index >= 15 is 0 Å². The lowest BCUT2D eigenvalue weighted by Gasteiger charge is -2.22. The van der Waals surface area contributed by atoms with Gasteiger partial charge in [0.2, 0.25) is 0 Å². The molecule has 0 saturated carbocycles. The van der Waals surface area contributed by atoms with Crippen molar-refractivity contribution in [1.29, 1.82) is 0 Å². The van der Waals surface area contributed by atoms with Crippen molar-refractivity contribution < 1.29 is 8.42 Å². The highest BCUT2D eigenvalue weighted by atomic mass is 79.9. The molecule has 0 radical (unpaired) electrons. The zero-order valence-corrected chi connectivity index (χ0v) is 12.7. The van der Waals surface area contributed by atoms with Crippen LogP contribution in [-0.4, -0.2) is 24.8 Å². The van der Waals surface area contributed by atoms with Crippen LogP contribution < -0.4 is 0 Å². The monoisotopic (exact) mass is 298 g/mol. The Hall–Kier alpha value is 0.430. The second-order valence-corrected chi connectivity index (χ2v) is 7.99. The van der Waals surface area contributed by atoms with E-state index in [1.165, 1.54) is 0 Å². The molecule has 0 aliphatic rings. The van der Waals surface area contributed by atoms with Crippen LogP contribution in [0.15, 0.2) is 0 Å². The maximum atomic E-state index is 12.0. The Labute approximate surface area is 103 Å². The van der Waals surface area contributed by atoms with Crippen molar-refractivity contribution in [3.8, 4) is 0 Å². The van der Waals surface area contributed by atoms with Crippen LogP contribution in [0.25, 0.3) is 0 Å². The topological polar surface area (TPSA) is 34.1 Å². The molecule has 0 heterocycles. The molecular formula is C11H23BrO2S. The molecule has 0 rings (SSSR count). The molecule has 0 spiro atoms. The number of rotatable bonds is 6. The van der Waals surface area contributed by atoms with Gasteiger partial charge in [-0.05, 0) is 24.7 Å². The van der Waals surface area contributed by atoms with E-state index in [1.807, 2.05) is 20.8 Å². The van der Waals surface area contributed by atoms with E-state index < -0.39 is 9.84 Å². The van der Waals surface area contributed by atoms with E-state index in [9.17, 15) is 8.42 Å². The Kier molecular flexibility index (Phi) is 6.41. The average Bonchev–Trinajstić information content (AvgIpc) is 2.12. The van der Waals surface area contributed by atoms with Gasteiger partial charge in [0.1, 0.15) is 0 Å². The molecule has 0 bridgehead atoms. The van der Waals surface area contributed by atoms with Crippen LogP contribution in [0.2, 0.25) is 0 Å². The Morgan fingerprint density at radius 1 is 1.00 bits per heavy atom. The molecule has 0 amide bonds. The molecule has 0 fully saturated rings. The molecule has 0 aromatic rings. The fourth-order valence-electron chi connectivity index (χ4n) is 1.28. The Morgan fingerprint density at radius 3 is 1.73 bits per heavy atom. The molecule has 2 unspecified atom stereocenters. The van der Waals surface area contributed by atoms with Crippen molar-refractivity contribution in [3.63, 3.8) is 0 Å². The SMILES string of the molecule is CC(C)C(CBr)CS(=O)(=O)C(C)C(C)C. The van der Waals surface area contributed by atoms with Crippen LogP contribution in [0, 0.1) is 17.8 Å². The van der Waals surface area contributed by atoms with Gasteiger partial charge in [0.05, 0.1) is 11.0 Å². The van der Waals surface area contributed by atoms with Crippen LogP contribution in [0.5, 0.6) is 0 Å². The first kappa shape index (κ1) is 15.4. The summed E-state index contributed by atoms with van der Waals surface area (Å²) in [6, 6.07) is 0. The van der Waals surface area contributed by atoms with Gasteiger partial charge in [0, 0.05) is 5.33 Å². The molecular weight excluding hydrogens is 276 g/mol. The summed E-state index contributed by atoms with van der Waals surface area (Å²) in [4.78, 5) is 0. The lowest BCUT2D eigenvalue weighted by atomic mass is 10.0. The quantitative estimate of drug-likeness (QED) is 0.706. The van der Waals surface area contributed by atoms with E-state index in [-0.39, 0.29) is 17.1 Å². The molecule has 2 nitrogen and oxygen atoms in total. The zero-order valence-electron chi connectivity index (χ0n) is 10.3. The largest absolute Gasteiger partial charge is 0.229 e. The Bertz CT molecular complexity index is 270. The number of alkyl halides is 1. The molecule has 0 N–H and O–H groups in total. The van der Waals surface area contributed by atoms with Gasteiger partial charge < -0.3 is 0 Å². The van der Waals surface area contributed by atoms with Crippen LogP contribution in [0.3, 0.4) is 0 Å². The third kappa shape index (κ3) is 4.85. The maximum absolute atomic E-state index is 12.0. The summed E-state index contributed by atoms with van der Waals surface area (Å²) >= 11 is 3.39. The van der Waals surface area contributed by atoms with Crippen molar-refractivity contribution >= 4 is 25.8 Å². The van der Waals surface area contributed by atoms with Crippen molar-refractivity contribution in [1.82, 2.24) is 0 Å². The zero-order chi connectivity index (χ0) is 12.2. The highest BCUT2D eigenvalue weighted by Crippen LogP contribution is 2.21. The minimum Gasteiger partial charge on any atom is -0.229 e. The number of hydrogen-bond donors (Lipinski definition) is 0. The second-order valence-electron chi connectivity index (χ2n) is 4.94. The summed E-state index contributed by atoms with van der Waals surface area (Å²) in [5, 5.41) is 0.520. The molecule has 0 aliphatic carbocycles. The van der Waals surface area contributed by atoms with Gasteiger partial charge in [0.25, 0.3) is 0 Å². The van der Waals surface area contributed by atoms with E-state index in [0.717, 1.165) is 5.33 Å². The van der Waals surface area contributed by atoms with E-state index in [0.29, 0.717) is 11.7 Å². The van der Waals surface area contributed by atoms with Gasteiger partial charge in [-0.3, -0.25) is 0 Å². The minimum absolute atomic E-state index is 0.193. The number of halogens is 1. The summed E-state index contributed by atoms with van der Waals surface area (Å²) < 4.78 is 24.0. The maximum Gasteiger partial charge on any atom is 0.153 e. The average molecular weight is 299 g/mol. The van der Waals surface area contributed by atoms with E-state index in [2.05, 4.69) is 29.8 Å². The van der Waals surface area contributed by atoms with E-state index in [4.69, 9.17) is 0 Å². The van der Waals surface area contributed by atoms with E-state index in [1.54, 1.807) is 0 Å². The highest BCUT2D eigenvalue weighted by Gasteiger charge is 2.28.